The molecule has 1 fully saturated rings. The van der Waals surface area contributed by atoms with E-state index in [9.17, 15) is 8.78 Å². The van der Waals surface area contributed by atoms with E-state index in [1.165, 1.54) is 6.20 Å². The zero-order valence-corrected chi connectivity index (χ0v) is 11.7. The number of nitrogen functional groups attached to an aromatic ring is 1. The van der Waals surface area contributed by atoms with Crippen molar-refractivity contribution < 1.29 is 13.2 Å². The molecule has 1 aliphatic carbocycles. The number of aromatic nitrogens is 4. The van der Waals surface area contributed by atoms with Crippen LogP contribution in [0.15, 0.2) is 10.6 Å². The molecule has 0 amide bonds. The number of anilines is 1. The summed E-state index contributed by atoms with van der Waals surface area (Å²) in [5, 5.41) is 7.02. The molecule has 0 aliphatic heterocycles. The van der Waals surface area contributed by atoms with E-state index in [0.29, 0.717) is 17.2 Å². The molecule has 2 heterocycles. The van der Waals surface area contributed by atoms with Gasteiger partial charge in [0.2, 0.25) is 5.95 Å². The van der Waals surface area contributed by atoms with Gasteiger partial charge in [0.15, 0.2) is 0 Å². The first-order valence-electron chi connectivity index (χ1n) is 6.64. The summed E-state index contributed by atoms with van der Waals surface area (Å²) in [6.07, 6.45) is 0.844. The average Bonchev–Trinajstić information content (AvgIpc) is 3.17. The van der Waals surface area contributed by atoms with Gasteiger partial charge in [0, 0.05) is 11.6 Å². The molecular formula is C13H15F2N5O. The summed E-state index contributed by atoms with van der Waals surface area (Å²) in [7, 11) is 0. The second-order valence-corrected chi connectivity index (χ2v) is 5.73. The normalized spacial score (nSPS) is 15.7. The van der Waals surface area contributed by atoms with Crippen LogP contribution < -0.4 is 5.73 Å². The van der Waals surface area contributed by atoms with Gasteiger partial charge in [-0.05, 0) is 18.8 Å². The Kier molecular flexibility index (Phi) is 3.11. The van der Waals surface area contributed by atoms with E-state index in [0.717, 1.165) is 12.8 Å². The minimum atomic E-state index is -2.80. The number of hydrogen-bond donors (Lipinski definition) is 1. The van der Waals surface area contributed by atoms with Crippen LogP contribution in [0.25, 0.3) is 11.5 Å². The highest BCUT2D eigenvalue weighted by molar-refractivity contribution is 5.58. The molecule has 3 rings (SSSR count). The van der Waals surface area contributed by atoms with Crippen molar-refractivity contribution in [1.82, 2.24) is 20.2 Å². The molecule has 2 aromatic heterocycles. The highest BCUT2D eigenvalue weighted by Gasteiger charge is 2.42. The van der Waals surface area contributed by atoms with Gasteiger partial charge in [-0.3, -0.25) is 0 Å². The van der Waals surface area contributed by atoms with Gasteiger partial charge < -0.3 is 10.2 Å². The minimum Gasteiger partial charge on any atom is -0.415 e. The molecule has 0 spiro atoms. The standard InChI is InChI=1S/C13H15F2N5O/c1-13(2,6-3-4-6)8-7(5-17-12(16)18-8)10-19-20-11(21-10)9(14)15/h5-6,9H,3-4H2,1-2H3,(H2,16,17,18). The molecule has 0 radical (unpaired) electrons. The molecule has 2 N–H and O–H groups in total. The lowest BCUT2D eigenvalue weighted by molar-refractivity contribution is 0.116. The van der Waals surface area contributed by atoms with E-state index in [2.05, 4.69) is 20.2 Å². The summed E-state index contributed by atoms with van der Waals surface area (Å²) in [5.74, 6) is -0.106. The fourth-order valence-electron chi connectivity index (χ4n) is 2.47. The third-order valence-electron chi connectivity index (χ3n) is 3.87. The number of halogens is 2. The van der Waals surface area contributed by atoms with Crippen LogP contribution >= 0.6 is 0 Å². The first-order chi connectivity index (χ1) is 9.89. The van der Waals surface area contributed by atoms with Gasteiger partial charge >= 0.3 is 6.43 Å². The van der Waals surface area contributed by atoms with Gasteiger partial charge in [-0.2, -0.15) is 8.78 Å². The second kappa shape index (κ2) is 4.71. The lowest BCUT2D eigenvalue weighted by Crippen LogP contribution is -2.23. The summed E-state index contributed by atoms with van der Waals surface area (Å²) in [4.78, 5) is 8.20. The van der Waals surface area contributed by atoms with E-state index < -0.39 is 12.3 Å². The quantitative estimate of drug-likeness (QED) is 0.932. The Labute approximate surface area is 119 Å². The molecule has 21 heavy (non-hydrogen) atoms. The number of alkyl halides is 2. The molecular weight excluding hydrogens is 280 g/mol. The predicted molar refractivity (Wildman–Crippen MR) is 70.4 cm³/mol. The molecule has 1 saturated carbocycles. The Morgan fingerprint density at radius 2 is 2.05 bits per heavy atom. The van der Waals surface area contributed by atoms with Crippen molar-refractivity contribution in [3.63, 3.8) is 0 Å². The maximum absolute atomic E-state index is 12.6. The molecule has 0 bridgehead atoms. The van der Waals surface area contributed by atoms with Gasteiger partial charge in [0.05, 0.1) is 11.3 Å². The Bertz CT molecular complexity index is 666. The monoisotopic (exact) mass is 295 g/mol. The van der Waals surface area contributed by atoms with E-state index in [1.807, 2.05) is 13.8 Å². The summed E-state index contributed by atoms with van der Waals surface area (Å²) < 4.78 is 30.2. The third kappa shape index (κ3) is 2.45. The number of hydrogen-bond acceptors (Lipinski definition) is 6. The zero-order chi connectivity index (χ0) is 15.2. The fraction of sp³-hybridized carbons (Fsp3) is 0.538. The van der Waals surface area contributed by atoms with Crippen LogP contribution in [-0.2, 0) is 5.41 Å². The number of nitrogens with zero attached hydrogens (tertiary/aromatic N) is 4. The minimum absolute atomic E-state index is 0.00553. The molecule has 6 nitrogen and oxygen atoms in total. The highest BCUT2D eigenvalue weighted by atomic mass is 19.3. The molecule has 8 heteroatoms. The topological polar surface area (TPSA) is 90.7 Å². The van der Waals surface area contributed by atoms with Crippen molar-refractivity contribution in [3.8, 4) is 11.5 Å². The third-order valence-corrected chi connectivity index (χ3v) is 3.87. The molecule has 1 aliphatic rings. The zero-order valence-electron chi connectivity index (χ0n) is 11.7. The Morgan fingerprint density at radius 1 is 1.33 bits per heavy atom. The van der Waals surface area contributed by atoms with Crippen molar-refractivity contribution in [2.75, 3.05) is 5.73 Å². The summed E-state index contributed by atoms with van der Waals surface area (Å²) in [5.41, 5.74) is 6.52. The van der Waals surface area contributed by atoms with Crippen molar-refractivity contribution >= 4 is 5.95 Å². The van der Waals surface area contributed by atoms with E-state index in [-0.39, 0.29) is 17.3 Å². The van der Waals surface area contributed by atoms with E-state index >= 15 is 0 Å². The van der Waals surface area contributed by atoms with Gasteiger partial charge in [-0.25, -0.2) is 9.97 Å². The Hall–Kier alpha value is -2.12. The van der Waals surface area contributed by atoms with Gasteiger partial charge in [-0.1, -0.05) is 13.8 Å². The highest BCUT2D eigenvalue weighted by Crippen LogP contribution is 2.48. The lowest BCUT2D eigenvalue weighted by atomic mass is 9.81. The summed E-state index contributed by atoms with van der Waals surface area (Å²) in [6.45, 7) is 4.08. The first kappa shape index (κ1) is 13.8. The van der Waals surface area contributed by atoms with Crippen molar-refractivity contribution in [2.24, 2.45) is 5.92 Å². The largest absolute Gasteiger partial charge is 0.415 e. The maximum Gasteiger partial charge on any atom is 0.314 e. The molecule has 0 aromatic carbocycles. The van der Waals surface area contributed by atoms with Crippen LogP contribution in [0.4, 0.5) is 14.7 Å². The molecule has 112 valence electrons. The maximum atomic E-state index is 12.6. The van der Waals surface area contributed by atoms with Gasteiger partial charge in [0.25, 0.3) is 11.8 Å². The lowest BCUT2D eigenvalue weighted by Gasteiger charge is -2.25. The molecule has 2 aromatic rings. The van der Waals surface area contributed by atoms with E-state index in [1.54, 1.807) is 0 Å². The fourth-order valence-corrected chi connectivity index (χ4v) is 2.47. The number of rotatable bonds is 4. The van der Waals surface area contributed by atoms with Crippen LogP contribution in [-0.4, -0.2) is 20.2 Å². The predicted octanol–water partition coefficient (Wildman–Crippen LogP) is 2.73. The van der Waals surface area contributed by atoms with Gasteiger partial charge in [-0.15, -0.1) is 10.2 Å². The van der Waals surface area contributed by atoms with Crippen molar-refractivity contribution in [3.05, 3.63) is 17.8 Å². The summed E-state index contributed by atoms with van der Waals surface area (Å²) in [6, 6.07) is 0. The summed E-state index contributed by atoms with van der Waals surface area (Å²) >= 11 is 0. The first-order valence-corrected chi connectivity index (χ1v) is 6.64. The van der Waals surface area contributed by atoms with Crippen LogP contribution in [0, 0.1) is 5.92 Å². The molecule has 0 saturated heterocycles. The average molecular weight is 295 g/mol. The van der Waals surface area contributed by atoms with Crippen LogP contribution in [0.2, 0.25) is 0 Å². The SMILES string of the molecule is CC(C)(c1nc(N)ncc1-c1nnc(C(F)F)o1)C1CC1. The molecule has 0 atom stereocenters. The smallest absolute Gasteiger partial charge is 0.314 e. The van der Waals surface area contributed by atoms with Crippen molar-refractivity contribution in [1.29, 1.82) is 0 Å². The van der Waals surface area contributed by atoms with Crippen molar-refractivity contribution in [2.45, 2.75) is 38.5 Å². The van der Waals surface area contributed by atoms with Crippen LogP contribution in [0.1, 0.15) is 44.7 Å². The Balaban J connectivity index is 2.09. The van der Waals surface area contributed by atoms with Gasteiger partial charge in [0.1, 0.15) is 0 Å². The van der Waals surface area contributed by atoms with E-state index in [4.69, 9.17) is 10.2 Å². The van der Waals surface area contributed by atoms with Crippen LogP contribution in [0.5, 0.6) is 0 Å². The van der Waals surface area contributed by atoms with Crippen LogP contribution in [0.3, 0.4) is 0 Å². The molecule has 0 unspecified atom stereocenters. The Morgan fingerprint density at radius 3 is 2.62 bits per heavy atom. The second-order valence-electron chi connectivity index (χ2n) is 5.73. The number of nitrogens with two attached hydrogens (primary N) is 1.